The van der Waals surface area contributed by atoms with Gasteiger partial charge in [0.05, 0.1) is 12.2 Å². The third-order valence-electron chi connectivity index (χ3n) is 2.62. The first kappa shape index (κ1) is 13.1. The van der Waals surface area contributed by atoms with Crippen LogP contribution in [0.5, 0.6) is 0 Å². The summed E-state index contributed by atoms with van der Waals surface area (Å²) in [5.74, 6) is 0.843. The highest BCUT2D eigenvalue weighted by atomic mass is 35.5. The van der Waals surface area contributed by atoms with Crippen LogP contribution in [0.1, 0.15) is 0 Å². The number of thioether (sulfide) groups is 1. The lowest BCUT2D eigenvalue weighted by Crippen LogP contribution is -2.03. The molecule has 3 aromatic rings. The Kier molecular flexibility index (Phi) is 3.98. The van der Waals surface area contributed by atoms with E-state index >= 15 is 0 Å². The molecule has 0 aliphatic carbocycles. The van der Waals surface area contributed by atoms with Crippen LogP contribution in [0.15, 0.2) is 47.9 Å². The summed E-state index contributed by atoms with van der Waals surface area (Å²) in [7, 11) is 0. The average molecular weight is 307 g/mol. The summed E-state index contributed by atoms with van der Waals surface area (Å²) in [4.78, 5) is 0. The Balaban J connectivity index is 1.68. The topological polar surface area (TPSA) is 61.4 Å². The second-order valence-corrected chi connectivity index (χ2v) is 5.47. The van der Waals surface area contributed by atoms with E-state index in [1.165, 1.54) is 0 Å². The number of tetrazole rings is 1. The van der Waals surface area contributed by atoms with Crippen LogP contribution in [0.25, 0.3) is 5.69 Å². The van der Waals surface area contributed by atoms with Gasteiger partial charge in [0.25, 0.3) is 0 Å². The van der Waals surface area contributed by atoms with Crippen molar-refractivity contribution in [3.05, 3.63) is 47.7 Å². The van der Waals surface area contributed by atoms with Crippen LogP contribution in [-0.2, 0) is 6.54 Å². The zero-order valence-corrected chi connectivity index (χ0v) is 12.0. The van der Waals surface area contributed by atoms with Crippen molar-refractivity contribution in [2.45, 2.75) is 11.7 Å². The maximum atomic E-state index is 5.88. The van der Waals surface area contributed by atoms with Crippen LogP contribution in [0.4, 0.5) is 0 Å². The predicted molar refractivity (Wildman–Crippen MR) is 77.1 cm³/mol. The first-order chi connectivity index (χ1) is 9.83. The van der Waals surface area contributed by atoms with Gasteiger partial charge in [-0.1, -0.05) is 23.4 Å². The summed E-state index contributed by atoms with van der Waals surface area (Å²) < 4.78 is 3.58. The Morgan fingerprint density at radius 2 is 2.05 bits per heavy atom. The standard InChI is InChI=1S/C12H11ClN6S/c13-10-2-4-11(5-3-10)19-12(15-16-17-19)20-9-8-18-7-1-6-14-18/h1-7H,8-9H2. The molecule has 0 unspecified atom stereocenters. The molecule has 0 fully saturated rings. The molecule has 0 amide bonds. The Morgan fingerprint density at radius 1 is 1.20 bits per heavy atom. The number of benzene rings is 1. The van der Waals surface area contributed by atoms with Crippen LogP contribution >= 0.6 is 23.4 Å². The zero-order valence-electron chi connectivity index (χ0n) is 10.4. The Labute approximate surface area is 124 Å². The molecule has 0 aliphatic heterocycles. The van der Waals surface area contributed by atoms with Crippen molar-refractivity contribution < 1.29 is 0 Å². The van der Waals surface area contributed by atoms with E-state index in [0.29, 0.717) is 5.02 Å². The maximum Gasteiger partial charge on any atom is 0.214 e. The fourth-order valence-corrected chi connectivity index (χ4v) is 2.62. The van der Waals surface area contributed by atoms with Crippen LogP contribution in [0, 0.1) is 0 Å². The summed E-state index contributed by atoms with van der Waals surface area (Å²) >= 11 is 7.46. The van der Waals surface area contributed by atoms with E-state index < -0.39 is 0 Å². The Morgan fingerprint density at radius 3 is 2.80 bits per heavy atom. The van der Waals surface area contributed by atoms with Crippen LogP contribution in [0.2, 0.25) is 5.02 Å². The number of hydrogen-bond acceptors (Lipinski definition) is 5. The zero-order chi connectivity index (χ0) is 13.8. The molecule has 0 atom stereocenters. The van der Waals surface area contributed by atoms with Crippen molar-refractivity contribution in [1.29, 1.82) is 0 Å². The molecule has 0 aliphatic rings. The molecule has 0 saturated carbocycles. The molecule has 0 bridgehead atoms. The summed E-state index contributed by atoms with van der Waals surface area (Å²) in [5, 5.41) is 17.4. The van der Waals surface area contributed by atoms with E-state index in [1.807, 2.05) is 41.2 Å². The Bertz CT molecular complexity index is 664. The molecule has 102 valence electrons. The monoisotopic (exact) mass is 306 g/mol. The molecule has 0 radical (unpaired) electrons. The molecule has 2 heterocycles. The SMILES string of the molecule is Clc1ccc(-n2nnnc2SCCn2cccn2)cc1. The minimum Gasteiger partial charge on any atom is -0.272 e. The Hall–Kier alpha value is -1.86. The maximum absolute atomic E-state index is 5.88. The normalized spacial score (nSPS) is 10.8. The highest BCUT2D eigenvalue weighted by molar-refractivity contribution is 7.99. The third kappa shape index (κ3) is 3.00. The van der Waals surface area contributed by atoms with E-state index in [9.17, 15) is 0 Å². The van der Waals surface area contributed by atoms with E-state index in [0.717, 1.165) is 23.1 Å². The number of halogens is 1. The van der Waals surface area contributed by atoms with E-state index in [-0.39, 0.29) is 0 Å². The van der Waals surface area contributed by atoms with Gasteiger partial charge >= 0.3 is 0 Å². The summed E-state index contributed by atoms with van der Waals surface area (Å²) in [5.41, 5.74) is 0.890. The number of aryl methyl sites for hydroxylation is 1. The van der Waals surface area contributed by atoms with Crippen LogP contribution in [-0.4, -0.2) is 35.7 Å². The second-order valence-electron chi connectivity index (χ2n) is 3.97. The van der Waals surface area contributed by atoms with Gasteiger partial charge in [-0.15, -0.1) is 5.10 Å². The van der Waals surface area contributed by atoms with Crippen LogP contribution < -0.4 is 0 Å². The molecule has 0 saturated heterocycles. The van der Waals surface area contributed by atoms with Gasteiger partial charge < -0.3 is 0 Å². The van der Waals surface area contributed by atoms with Gasteiger partial charge in [-0.2, -0.15) is 9.78 Å². The first-order valence-electron chi connectivity index (χ1n) is 5.97. The number of nitrogens with zero attached hydrogens (tertiary/aromatic N) is 6. The summed E-state index contributed by atoms with van der Waals surface area (Å²) in [6.07, 6.45) is 3.70. The quantitative estimate of drug-likeness (QED) is 0.677. The molecule has 2 aromatic heterocycles. The fraction of sp³-hybridized carbons (Fsp3) is 0.167. The van der Waals surface area contributed by atoms with E-state index in [1.54, 1.807) is 22.6 Å². The van der Waals surface area contributed by atoms with Gasteiger partial charge in [0.15, 0.2) is 0 Å². The average Bonchev–Trinajstić information content (AvgIpc) is 3.11. The largest absolute Gasteiger partial charge is 0.272 e. The van der Waals surface area contributed by atoms with Gasteiger partial charge in [0, 0.05) is 23.2 Å². The van der Waals surface area contributed by atoms with Crippen molar-refractivity contribution in [3.63, 3.8) is 0 Å². The van der Waals surface area contributed by atoms with Crippen molar-refractivity contribution >= 4 is 23.4 Å². The lowest BCUT2D eigenvalue weighted by molar-refractivity contribution is 0.665. The van der Waals surface area contributed by atoms with Gasteiger partial charge in [-0.05, 0) is 40.8 Å². The molecule has 8 heteroatoms. The minimum atomic E-state index is 0.690. The van der Waals surface area contributed by atoms with Crippen molar-refractivity contribution in [3.8, 4) is 5.69 Å². The molecule has 1 aromatic carbocycles. The molecule has 0 spiro atoms. The van der Waals surface area contributed by atoms with E-state index in [2.05, 4.69) is 20.6 Å². The molecule has 20 heavy (non-hydrogen) atoms. The number of rotatable bonds is 5. The lowest BCUT2D eigenvalue weighted by Gasteiger charge is -2.04. The van der Waals surface area contributed by atoms with Gasteiger partial charge in [0.2, 0.25) is 5.16 Å². The van der Waals surface area contributed by atoms with Crippen molar-refractivity contribution in [2.75, 3.05) is 5.75 Å². The number of hydrogen-bond donors (Lipinski definition) is 0. The van der Waals surface area contributed by atoms with Crippen molar-refractivity contribution in [1.82, 2.24) is 30.0 Å². The van der Waals surface area contributed by atoms with Gasteiger partial charge in [0.1, 0.15) is 0 Å². The third-order valence-corrected chi connectivity index (χ3v) is 3.77. The molecular formula is C12H11ClN6S. The molecule has 6 nitrogen and oxygen atoms in total. The molecule has 0 N–H and O–H groups in total. The lowest BCUT2D eigenvalue weighted by atomic mass is 10.3. The highest BCUT2D eigenvalue weighted by Crippen LogP contribution is 2.19. The first-order valence-corrected chi connectivity index (χ1v) is 7.34. The van der Waals surface area contributed by atoms with Crippen LogP contribution in [0.3, 0.4) is 0 Å². The number of aromatic nitrogens is 6. The summed E-state index contributed by atoms with van der Waals surface area (Å²) in [6.45, 7) is 0.811. The highest BCUT2D eigenvalue weighted by Gasteiger charge is 2.08. The van der Waals surface area contributed by atoms with Gasteiger partial charge in [-0.25, -0.2) is 0 Å². The smallest absolute Gasteiger partial charge is 0.214 e. The fourth-order valence-electron chi connectivity index (χ4n) is 1.68. The predicted octanol–water partition coefficient (Wildman–Crippen LogP) is 2.30. The van der Waals surface area contributed by atoms with Crippen molar-refractivity contribution in [2.24, 2.45) is 0 Å². The summed E-state index contributed by atoms with van der Waals surface area (Å²) in [6, 6.07) is 9.31. The molecule has 3 rings (SSSR count). The van der Waals surface area contributed by atoms with Gasteiger partial charge in [-0.3, -0.25) is 4.68 Å². The second kappa shape index (κ2) is 6.06. The van der Waals surface area contributed by atoms with E-state index in [4.69, 9.17) is 11.6 Å². The minimum absolute atomic E-state index is 0.690. The molecular weight excluding hydrogens is 296 g/mol.